The maximum absolute atomic E-state index is 6.02. The minimum atomic E-state index is 0.153. The number of hydrogen-bond donors (Lipinski definition) is 0. The predicted octanol–water partition coefficient (Wildman–Crippen LogP) is 4.66. The van der Waals surface area contributed by atoms with E-state index in [4.69, 9.17) is 11.6 Å². The molecule has 3 aromatic rings. The second-order valence-electron chi connectivity index (χ2n) is 5.05. The Bertz CT molecular complexity index is 753. The molecule has 0 aliphatic rings. The molecule has 0 aliphatic carbocycles. The highest BCUT2D eigenvalue weighted by Gasteiger charge is 2.19. The molecule has 0 aliphatic heterocycles. The summed E-state index contributed by atoms with van der Waals surface area (Å²) in [7, 11) is 1.99. The molecule has 0 spiro atoms. The molecule has 0 N–H and O–H groups in total. The van der Waals surface area contributed by atoms with Gasteiger partial charge in [0.05, 0.1) is 5.25 Å². The molecule has 1 heterocycles. The summed E-state index contributed by atoms with van der Waals surface area (Å²) in [5.74, 6) is 0.908. The zero-order chi connectivity index (χ0) is 15.5. The summed E-state index contributed by atoms with van der Waals surface area (Å²) in [5.41, 5.74) is 2.43. The Morgan fingerprint density at radius 1 is 0.955 bits per heavy atom. The number of nitrogens with zero attached hydrogens (tertiary/aromatic N) is 3. The van der Waals surface area contributed by atoms with E-state index in [1.165, 1.54) is 11.1 Å². The van der Waals surface area contributed by atoms with Crippen molar-refractivity contribution in [2.24, 2.45) is 7.05 Å². The lowest BCUT2D eigenvalue weighted by atomic mass is 10.0. The van der Waals surface area contributed by atoms with Crippen LogP contribution < -0.4 is 0 Å². The van der Waals surface area contributed by atoms with Crippen molar-refractivity contribution in [3.63, 3.8) is 0 Å². The van der Waals surface area contributed by atoms with Gasteiger partial charge in [0.15, 0.2) is 5.16 Å². The second kappa shape index (κ2) is 6.55. The van der Waals surface area contributed by atoms with Crippen molar-refractivity contribution in [3.05, 3.63) is 76.6 Å². The summed E-state index contributed by atoms with van der Waals surface area (Å²) in [6, 6.07) is 18.4. The molecule has 0 radical (unpaired) electrons. The molecule has 3 nitrogen and oxygen atoms in total. The molecule has 3 rings (SSSR count). The number of benzene rings is 2. The summed E-state index contributed by atoms with van der Waals surface area (Å²) >= 11 is 7.71. The molecule has 1 atom stereocenters. The first kappa shape index (κ1) is 15.1. The molecular weight excluding hydrogens is 314 g/mol. The average Bonchev–Trinajstić information content (AvgIpc) is 2.86. The Labute approximate surface area is 139 Å². The Morgan fingerprint density at radius 3 is 2.18 bits per heavy atom. The highest BCUT2D eigenvalue weighted by molar-refractivity contribution is 7.99. The molecule has 1 aromatic heterocycles. The van der Waals surface area contributed by atoms with Crippen molar-refractivity contribution in [2.45, 2.75) is 17.3 Å². The van der Waals surface area contributed by atoms with Gasteiger partial charge in [-0.25, -0.2) is 0 Å². The normalized spacial score (nSPS) is 12.3. The number of rotatable bonds is 4. The van der Waals surface area contributed by atoms with Crippen LogP contribution in [0.5, 0.6) is 0 Å². The summed E-state index contributed by atoms with van der Waals surface area (Å²) in [4.78, 5) is 0. The van der Waals surface area contributed by atoms with Crippen molar-refractivity contribution in [1.29, 1.82) is 0 Å². The van der Waals surface area contributed by atoms with Gasteiger partial charge in [-0.1, -0.05) is 65.8 Å². The van der Waals surface area contributed by atoms with Crippen LogP contribution in [-0.2, 0) is 7.05 Å². The third kappa shape index (κ3) is 3.18. The van der Waals surface area contributed by atoms with Crippen molar-refractivity contribution >= 4 is 23.4 Å². The van der Waals surface area contributed by atoms with E-state index in [9.17, 15) is 0 Å². The van der Waals surface area contributed by atoms with Crippen molar-refractivity contribution in [1.82, 2.24) is 14.8 Å². The van der Waals surface area contributed by atoms with Gasteiger partial charge in [-0.3, -0.25) is 0 Å². The Hall–Kier alpha value is -1.78. The fourth-order valence-corrected chi connectivity index (χ4v) is 3.49. The molecule has 0 unspecified atom stereocenters. The molecule has 5 heteroatoms. The fraction of sp³-hybridized carbons (Fsp3) is 0.176. The van der Waals surface area contributed by atoms with E-state index < -0.39 is 0 Å². The van der Waals surface area contributed by atoms with Gasteiger partial charge >= 0.3 is 0 Å². The molecule has 2 aromatic carbocycles. The highest BCUT2D eigenvalue weighted by atomic mass is 35.5. The monoisotopic (exact) mass is 329 g/mol. The lowest BCUT2D eigenvalue weighted by molar-refractivity contribution is 0.763. The topological polar surface area (TPSA) is 30.7 Å². The van der Waals surface area contributed by atoms with Gasteiger partial charge in [-0.15, -0.1) is 10.2 Å². The van der Waals surface area contributed by atoms with Crippen LogP contribution in [-0.4, -0.2) is 14.8 Å². The van der Waals surface area contributed by atoms with E-state index in [2.05, 4.69) is 46.6 Å². The fourth-order valence-electron chi connectivity index (χ4n) is 2.19. The molecule has 0 saturated carbocycles. The molecule has 0 amide bonds. The van der Waals surface area contributed by atoms with Crippen LogP contribution >= 0.6 is 23.4 Å². The van der Waals surface area contributed by atoms with E-state index >= 15 is 0 Å². The van der Waals surface area contributed by atoms with Crippen LogP contribution in [0.3, 0.4) is 0 Å². The van der Waals surface area contributed by atoms with Crippen LogP contribution in [0.1, 0.15) is 22.2 Å². The Morgan fingerprint density at radius 2 is 1.59 bits per heavy atom. The molecule has 22 heavy (non-hydrogen) atoms. The van der Waals surface area contributed by atoms with E-state index in [-0.39, 0.29) is 5.25 Å². The highest BCUT2D eigenvalue weighted by Crippen LogP contribution is 2.39. The average molecular weight is 330 g/mol. The number of aryl methyl sites for hydroxylation is 1. The zero-order valence-electron chi connectivity index (χ0n) is 12.4. The minimum Gasteiger partial charge on any atom is -0.309 e. The molecule has 112 valence electrons. The summed E-state index contributed by atoms with van der Waals surface area (Å²) in [5, 5.41) is 10.2. The SMILES string of the molecule is Cc1nnc(S[C@@H](c2ccccc2)c2ccc(Cl)cc2)n1C. The third-order valence-electron chi connectivity index (χ3n) is 3.55. The summed E-state index contributed by atoms with van der Waals surface area (Å²) in [6.07, 6.45) is 0. The quantitative estimate of drug-likeness (QED) is 0.652. The second-order valence-corrected chi connectivity index (χ2v) is 6.56. The maximum Gasteiger partial charge on any atom is 0.191 e. The van der Waals surface area contributed by atoms with Crippen LogP contribution in [0.2, 0.25) is 5.02 Å². The summed E-state index contributed by atoms with van der Waals surface area (Å²) in [6.45, 7) is 1.96. The first-order valence-corrected chi connectivity index (χ1v) is 8.24. The lowest BCUT2D eigenvalue weighted by Crippen LogP contribution is -2.00. The van der Waals surface area contributed by atoms with Crippen molar-refractivity contribution < 1.29 is 0 Å². The third-order valence-corrected chi connectivity index (χ3v) is 5.15. The lowest BCUT2D eigenvalue weighted by Gasteiger charge is -2.17. The van der Waals surface area contributed by atoms with Gasteiger partial charge in [-0.05, 0) is 30.2 Å². The standard InChI is InChI=1S/C17H16ClN3S/c1-12-19-20-17(21(12)2)22-16(13-6-4-3-5-7-13)14-8-10-15(18)11-9-14/h3-11,16H,1-2H3/t16-/m0/s1. The summed E-state index contributed by atoms with van der Waals surface area (Å²) < 4.78 is 2.01. The molecule has 0 bridgehead atoms. The first-order chi connectivity index (χ1) is 10.6. The van der Waals surface area contributed by atoms with Crippen LogP contribution in [0.15, 0.2) is 59.8 Å². The van der Waals surface area contributed by atoms with Crippen LogP contribution in [0.25, 0.3) is 0 Å². The molecule has 0 saturated heterocycles. The molecular formula is C17H16ClN3S. The number of halogens is 1. The van der Waals surface area contributed by atoms with Gasteiger partial charge < -0.3 is 4.57 Å². The first-order valence-electron chi connectivity index (χ1n) is 6.98. The van der Waals surface area contributed by atoms with Gasteiger partial charge in [-0.2, -0.15) is 0 Å². The van der Waals surface area contributed by atoms with Crippen molar-refractivity contribution in [3.8, 4) is 0 Å². The number of hydrogen-bond acceptors (Lipinski definition) is 3. The smallest absolute Gasteiger partial charge is 0.191 e. The van der Waals surface area contributed by atoms with Crippen LogP contribution in [0.4, 0.5) is 0 Å². The van der Waals surface area contributed by atoms with Gasteiger partial charge in [0.2, 0.25) is 0 Å². The minimum absolute atomic E-state index is 0.153. The Kier molecular flexibility index (Phi) is 4.50. The van der Waals surface area contributed by atoms with Crippen LogP contribution in [0, 0.1) is 6.92 Å². The Balaban J connectivity index is 1.99. The number of thioether (sulfide) groups is 1. The van der Waals surface area contributed by atoms with E-state index in [0.29, 0.717) is 0 Å². The van der Waals surface area contributed by atoms with E-state index in [1.54, 1.807) is 11.8 Å². The van der Waals surface area contributed by atoms with Gasteiger partial charge in [0.1, 0.15) is 5.82 Å². The zero-order valence-corrected chi connectivity index (χ0v) is 14.0. The van der Waals surface area contributed by atoms with E-state index in [1.807, 2.05) is 36.7 Å². The molecule has 0 fully saturated rings. The van der Waals surface area contributed by atoms with Gasteiger partial charge in [0, 0.05) is 12.1 Å². The van der Waals surface area contributed by atoms with Gasteiger partial charge in [0.25, 0.3) is 0 Å². The van der Waals surface area contributed by atoms with E-state index in [0.717, 1.165) is 16.0 Å². The predicted molar refractivity (Wildman–Crippen MR) is 91.3 cm³/mol. The largest absolute Gasteiger partial charge is 0.309 e. The maximum atomic E-state index is 6.02. The van der Waals surface area contributed by atoms with Crippen molar-refractivity contribution in [2.75, 3.05) is 0 Å². The number of aromatic nitrogens is 3.